The quantitative estimate of drug-likeness (QED) is 0.535. The Morgan fingerprint density at radius 2 is 1.68 bits per heavy atom. The number of benzene rings is 2. The van der Waals surface area contributed by atoms with Crippen molar-refractivity contribution < 1.29 is 0 Å². The van der Waals surface area contributed by atoms with Gasteiger partial charge in [-0.05, 0) is 50.5 Å². The van der Waals surface area contributed by atoms with E-state index < -0.39 is 0 Å². The van der Waals surface area contributed by atoms with Crippen molar-refractivity contribution in [2.45, 2.75) is 27.7 Å². The van der Waals surface area contributed by atoms with Gasteiger partial charge in [0.25, 0.3) is 0 Å². The summed E-state index contributed by atoms with van der Waals surface area (Å²) in [7, 11) is 0. The van der Waals surface area contributed by atoms with Crippen molar-refractivity contribution in [1.82, 2.24) is 19.7 Å². The zero-order valence-electron chi connectivity index (χ0n) is 14.9. The molecule has 0 atom stereocenters. The minimum absolute atomic E-state index is 0.886. The first-order valence-corrected chi connectivity index (χ1v) is 8.39. The fourth-order valence-electron chi connectivity index (χ4n) is 3.63. The minimum Gasteiger partial charge on any atom is -0.299 e. The zero-order valence-corrected chi connectivity index (χ0v) is 14.9. The van der Waals surface area contributed by atoms with Crippen LogP contribution >= 0.6 is 0 Å². The van der Waals surface area contributed by atoms with Gasteiger partial charge < -0.3 is 0 Å². The molecule has 4 aromatic rings. The first kappa shape index (κ1) is 15.5. The molecule has 4 nitrogen and oxygen atoms in total. The van der Waals surface area contributed by atoms with E-state index in [0.29, 0.717) is 0 Å². The lowest BCUT2D eigenvalue weighted by Gasteiger charge is -2.15. The molecule has 0 saturated heterocycles. The first-order chi connectivity index (χ1) is 12.1. The van der Waals surface area contributed by atoms with Crippen molar-refractivity contribution in [3.05, 3.63) is 71.2 Å². The number of hydrogen-bond acceptors (Lipinski definition) is 3. The smallest absolute Gasteiger partial charge is 0.146 e. The monoisotopic (exact) mass is 328 g/mol. The summed E-state index contributed by atoms with van der Waals surface area (Å²) in [6, 6.07) is 10.6. The summed E-state index contributed by atoms with van der Waals surface area (Å²) in [6.07, 6.45) is 5.66. The average molecular weight is 328 g/mol. The van der Waals surface area contributed by atoms with E-state index in [4.69, 9.17) is 0 Å². The fourth-order valence-corrected chi connectivity index (χ4v) is 3.63. The van der Waals surface area contributed by atoms with E-state index in [1.165, 1.54) is 22.4 Å². The van der Waals surface area contributed by atoms with E-state index in [1.807, 2.05) is 12.4 Å². The van der Waals surface area contributed by atoms with Gasteiger partial charge in [-0.3, -0.25) is 4.57 Å². The van der Waals surface area contributed by atoms with E-state index in [2.05, 4.69) is 77.8 Å². The van der Waals surface area contributed by atoms with Crippen LogP contribution in [0.2, 0.25) is 0 Å². The van der Waals surface area contributed by atoms with E-state index in [0.717, 1.165) is 27.9 Å². The average Bonchev–Trinajstić information content (AvgIpc) is 3.03. The number of imidazole rings is 1. The van der Waals surface area contributed by atoms with Gasteiger partial charge in [-0.2, -0.15) is 5.10 Å². The first-order valence-electron chi connectivity index (χ1n) is 8.39. The molecular weight excluding hydrogens is 308 g/mol. The highest BCUT2D eigenvalue weighted by molar-refractivity contribution is 5.93. The molecule has 4 heteroatoms. The Hall–Kier alpha value is -3.01. The Balaban J connectivity index is 2.00. The second-order valence-corrected chi connectivity index (χ2v) is 6.60. The molecule has 0 spiro atoms. The van der Waals surface area contributed by atoms with Gasteiger partial charge in [0.2, 0.25) is 0 Å². The van der Waals surface area contributed by atoms with Crippen LogP contribution in [0.4, 0.5) is 0 Å². The topological polar surface area (TPSA) is 43.6 Å². The van der Waals surface area contributed by atoms with Crippen molar-refractivity contribution in [1.29, 1.82) is 0 Å². The molecule has 0 amide bonds. The van der Waals surface area contributed by atoms with Crippen LogP contribution in [0.3, 0.4) is 0 Å². The summed E-state index contributed by atoms with van der Waals surface area (Å²) in [4.78, 5) is 4.64. The summed E-state index contributed by atoms with van der Waals surface area (Å²) in [5.74, 6) is 0.889. The molecular formula is C21H20N4. The van der Waals surface area contributed by atoms with Crippen molar-refractivity contribution in [2.75, 3.05) is 0 Å². The number of nitrogens with zero attached hydrogens (tertiary/aromatic N) is 4. The van der Waals surface area contributed by atoms with Gasteiger partial charge >= 0.3 is 0 Å². The van der Waals surface area contributed by atoms with E-state index in [-0.39, 0.29) is 0 Å². The second-order valence-electron chi connectivity index (χ2n) is 6.60. The predicted octanol–water partition coefficient (Wildman–Crippen LogP) is 4.72. The highest BCUT2D eigenvalue weighted by atomic mass is 15.1. The number of hydrogen-bond donors (Lipinski definition) is 0. The molecule has 0 aliphatic heterocycles. The van der Waals surface area contributed by atoms with Crippen molar-refractivity contribution in [3.8, 4) is 17.1 Å². The number of rotatable bonds is 2. The molecule has 2 heterocycles. The Morgan fingerprint density at radius 1 is 0.920 bits per heavy atom. The molecule has 4 rings (SSSR count). The van der Waals surface area contributed by atoms with Crippen LogP contribution in [0.25, 0.3) is 28.0 Å². The van der Waals surface area contributed by atoms with Gasteiger partial charge in [0, 0.05) is 23.3 Å². The largest absolute Gasteiger partial charge is 0.299 e. The fraction of sp³-hybridized carbons (Fsp3) is 0.190. The van der Waals surface area contributed by atoms with Crippen LogP contribution in [0, 0.1) is 27.7 Å². The normalized spacial score (nSPS) is 11.2. The molecule has 0 radical (unpaired) electrons. The summed E-state index contributed by atoms with van der Waals surface area (Å²) in [6.45, 7) is 8.47. The van der Waals surface area contributed by atoms with Crippen molar-refractivity contribution in [2.24, 2.45) is 0 Å². The van der Waals surface area contributed by atoms with Gasteiger partial charge in [-0.25, -0.2) is 4.98 Å². The molecule has 2 aromatic heterocycles. The molecule has 2 aromatic carbocycles. The maximum Gasteiger partial charge on any atom is 0.146 e. The Morgan fingerprint density at radius 3 is 2.44 bits per heavy atom. The third-order valence-electron chi connectivity index (χ3n) is 4.63. The van der Waals surface area contributed by atoms with Gasteiger partial charge in [-0.1, -0.05) is 29.8 Å². The summed E-state index contributed by atoms with van der Waals surface area (Å²) < 4.78 is 2.16. The van der Waals surface area contributed by atoms with Gasteiger partial charge in [0.05, 0.1) is 11.9 Å². The molecule has 0 saturated carbocycles. The van der Waals surface area contributed by atoms with Crippen LogP contribution in [0.5, 0.6) is 0 Å². The predicted molar refractivity (Wildman–Crippen MR) is 101 cm³/mol. The molecule has 0 fully saturated rings. The molecule has 124 valence electrons. The van der Waals surface area contributed by atoms with Crippen molar-refractivity contribution in [3.63, 3.8) is 0 Å². The molecule has 0 bridgehead atoms. The SMILES string of the molecule is Cc1cc(C)c(-n2ccnc2-c2cccc3c(C)cnnc23)c(C)c1. The van der Waals surface area contributed by atoms with Crippen LogP contribution in [0.1, 0.15) is 22.3 Å². The van der Waals surface area contributed by atoms with E-state index in [9.17, 15) is 0 Å². The highest BCUT2D eigenvalue weighted by Gasteiger charge is 2.15. The molecule has 0 aliphatic rings. The number of aryl methyl sites for hydroxylation is 4. The highest BCUT2D eigenvalue weighted by Crippen LogP contribution is 2.31. The van der Waals surface area contributed by atoms with Gasteiger partial charge in [-0.15, -0.1) is 5.10 Å². The maximum atomic E-state index is 4.64. The lowest BCUT2D eigenvalue weighted by Crippen LogP contribution is -2.03. The number of fused-ring (bicyclic) bond motifs is 1. The maximum absolute atomic E-state index is 4.64. The molecule has 25 heavy (non-hydrogen) atoms. The molecule has 0 unspecified atom stereocenters. The van der Waals surface area contributed by atoms with Crippen LogP contribution in [0.15, 0.2) is 48.9 Å². The standard InChI is InChI=1S/C21H20N4/c1-13-10-14(2)20(15(3)11-13)25-9-8-22-21(25)18-7-5-6-17-16(4)12-23-24-19(17)18/h5-12H,1-4H3. The minimum atomic E-state index is 0.886. The third kappa shape index (κ3) is 2.50. The lowest BCUT2D eigenvalue weighted by atomic mass is 10.0. The van der Waals surface area contributed by atoms with Crippen LogP contribution in [-0.2, 0) is 0 Å². The number of aromatic nitrogens is 4. The Bertz CT molecular complexity index is 1070. The lowest BCUT2D eigenvalue weighted by molar-refractivity contribution is 1.02. The van der Waals surface area contributed by atoms with Crippen molar-refractivity contribution >= 4 is 10.9 Å². The van der Waals surface area contributed by atoms with Crippen LogP contribution in [-0.4, -0.2) is 19.7 Å². The van der Waals surface area contributed by atoms with Crippen LogP contribution < -0.4 is 0 Å². The Labute approximate surface area is 147 Å². The molecule has 0 N–H and O–H groups in total. The summed E-state index contributed by atoms with van der Waals surface area (Å²) in [5, 5.41) is 9.64. The van der Waals surface area contributed by atoms with Gasteiger partial charge in [0.15, 0.2) is 0 Å². The zero-order chi connectivity index (χ0) is 17.6. The summed E-state index contributed by atoms with van der Waals surface area (Å²) in [5.41, 5.74) is 7.92. The van der Waals surface area contributed by atoms with E-state index >= 15 is 0 Å². The van der Waals surface area contributed by atoms with E-state index in [1.54, 1.807) is 6.20 Å². The molecule has 0 aliphatic carbocycles. The third-order valence-corrected chi connectivity index (χ3v) is 4.63. The Kier molecular flexibility index (Phi) is 3.61. The summed E-state index contributed by atoms with van der Waals surface area (Å²) >= 11 is 0. The second kappa shape index (κ2) is 5.81. The van der Waals surface area contributed by atoms with Gasteiger partial charge in [0.1, 0.15) is 11.3 Å².